The van der Waals surface area contributed by atoms with Gasteiger partial charge < -0.3 is 23.4 Å². The molecule has 2 saturated heterocycles. The predicted molar refractivity (Wildman–Crippen MR) is 125 cm³/mol. The van der Waals surface area contributed by atoms with Crippen molar-refractivity contribution in [1.82, 2.24) is 0 Å². The maximum atomic E-state index is 11.6. The van der Waals surface area contributed by atoms with Gasteiger partial charge in [0.05, 0.1) is 19.3 Å². The van der Waals surface area contributed by atoms with Crippen LogP contribution in [-0.4, -0.2) is 50.3 Å². The molecule has 174 valence electrons. The number of hydrogen-bond acceptors (Lipinski definition) is 5. The van der Waals surface area contributed by atoms with Gasteiger partial charge in [-0.3, -0.25) is 0 Å². The van der Waals surface area contributed by atoms with Crippen molar-refractivity contribution in [3.05, 3.63) is 48.6 Å². The van der Waals surface area contributed by atoms with Crippen molar-refractivity contribution >= 4 is 8.56 Å². The lowest BCUT2D eigenvalue weighted by molar-refractivity contribution is -0.290. The number of rotatable bonds is 5. The highest BCUT2D eigenvalue weighted by molar-refractivity contribution is 6.73. The van der Waals surface area contributed by atoms with Gasteiger partial charge in [-0.25, -0.2) is 0 Å². The van der Waals surface area contributed by atoms with E-state index in [2.05, 4.69) is 48.1 Å². The molecule has 0 aromatic heterocycles. The van der Waals surface area contributed by atoms with Crippen LogP contribution in [0.25, 0.3) is 0 Å². The van der Waals surface area contributed by atoms with E-state index in [1.54, 1.807) is 13.0 Å². The summed E-state index contributed by atoms with van der Waals surface area (Å²) in [4.78, 5) is 0. The van der Waals surface area contributed by atoms with E-state index in [0.717, 1.165) is 5.56 Å². The standard InChI is InChI=1S/C25H40O5Si/c1-9-13-20-25(8,26)22(27-16-18-14-11-10-12-15-18)21-19(29-20)17-28-31(30-21,23(2,3)4)24(5,6)7/h9-12,14-15,19-22,26H,1,13,16-17H2,2-8H3/t19-,20+,21-,22+,25+/m1/s1. The van der Waals surface area contributed by atoms with Gasteiger partial charge in [0, 0.05) is 10.1 Å². The summed E-state index contributed by atoms with van der Waals surface area (Å²) in [6.45, 7) is 19.6. The van der Waals surface area contributed by atoms with Gasteiger partial charge in [-0.15, -0.1) is 6.58 Å². The van der Waals surface area contributed by atoms with Gasteiger partial charge in [0.25, 0.3) is 0 Å². The Kier molecular flexibility index (Phi) is 6.93. The molecule has 0 spiro atoms. The first-order valence-electron chi connectivity index (χ1n) is 11.3. The van der Waals surface area contributed by atoms with Gasteiger partial charge >= 0.3 is 8.56 Å². The summed E-state index contributed by atoms with van der Waals surface area (Å²) in [5.41, 5.74) is -0.166. The average molecular weight is 449 g/mol. The molecule has 1 N–H and O–H groups in total. The second-order valence-corrected chi connectivity index (χ2v) is 15.9. The molecule has 31 heavy (non-hydrogen) atoms. The van der Waals surface area contributed by atoms with Crippen molar-refractivity contribution in [1.29, 1.82) is 0 Å². The topological polar surface area (TPSA) is 57.2 Å². The van der Waals surface area contributed by atoms with Crippen LogP contribution in [0.15, 0.2) is 43.0 Å². The van der Waals surface area contributed by atoms with Crippen molar-refractivity contribution in [3.63, 3.8) is 0 Å². The average Bonchev–Trinajstić information content (AvgIpc) is 2.67. The summed E-state index contributed by atoms with van der Waals surface area (Å²) in [5.74, 6) is 0. The van der Waals surface area contributed by atoms with Crippen molar-refractivity contribution in [2.45, 2.75) is 102 Å². The number of ether oxygens (including phenoxy) is 2. The van der Waals surface area contributed by atoms with E-state index in [1.807, 2.05) is 30.3 Å². The second-order valence-electron chi connectivity index (χ2n) is 11.1. The fourth-order valence-corrected chi connectivity index (χ4v) is 10.2. The van der Waals surface area contributed by atoms with Crippen LogP contribution in [-0.2, 0) is 24.9 Å². The summed E-state index contributed by atoms with van der Waals surface area (Å²) in [5, 5.41) is 11.3. The minimum atomic E-state index is -2.74. The molecule has 2 aliphatic heterocycles. The molecule has 2 fully saturated rings. The first kappa shape index (κ1) is 24.6. The van der Waals surface area contributed by atoms with Crippen LogP contribution in [0.4, 0.5) is 0 Å². The Bertz CT molecular complexity index is 735. The normalized spacial score (nSPS) is 33.5. The zero-order valence-corrected chi connectivity index (χ0v) is 21.2. The maximum absolute atomic E-state index is 11.6. The first-order valence-corrected chi connectivity index (χ1v) is 13.1. The second kappa shape index (κ2) is 8.73. The zero-order chi connectivity index (χ0) is 23.1. The number of benzene rings is 1. The SMILES string of the molecule is C=CC[C@@H]1O[C@@H]2CO[Si](C(C)(C)C)(C(C)(C)C)O[C@H]2[C@H](OCc2ccccc2)[C@@]1(C)O. The molecule has 2 aliphatic rings. The van der Waals surface area contributed by atoms with Gasteiger partial charge in [-0.2, -0.15) is 0 Å². The third-order valence-electron chi connectivity index (χ3n) is 6.61. The molecular formula is C25H40O5Si. The minimum Gasteiger partial charge on any atom is -0.391 e. The number of aliphatic hydroxyl groups is 1. The van der Waals surface area contributed by atoms with Crippen molar-refractivity contribution in [2.75, 3.05) is 6.61 Å². The highest BCUT2D eigenvalue weighted by Crippen LogP contribution is 2.55. The summed E-state index contributed by atoms with van der Waals surface area (Å²) in [6.07, 6.45) is 0.633. The van der Waals surface area contributed by atoms with Crippen molar-refractivity contribution < 1.29 is 23.4 Å². The Morgan fingerprint density at radius 2 is 1.77 bits per heavy atom. The molecule has 0 amide bonds. The molecule has 5 nitrogen and oxygen atoms in total. The third-order valence-corrected chi connectivity index (χ3v) is 11.7. The molecule has 6 heteroatoms. The lowest BCUT2D eigenvalue weighted by atomic mass is 9.82. The molecule has 0 unspecified atom stereocenters. The van der Waals surface area contributed by atoms with E-state index in [4.69, 9.17) is 18.3 Å². The van der Waals surface area contributed by atoms with E-state index in [0.29, 0.717) is 19.6 Å². The molecule has 0 bridgehead atoms. The summed E-state index contributed by atoms with van der Waals surface area (Å²) in [7, 11) is -2.74. The lowest BCUT2D eigenvalue weighted by Gasteiger charge is -2.59. The van der Waals surface area contributed by atoms with E-state index >= 15 is 0 Å². The Morgan fingerprint density at radius 1 is 1.16 bits per heavy atom. The summed E-state index contributed by atoms with van der Waals surface area (Å²) < 4.78 is 26.3. The molecular weight excluding hydrogens is 408 g/mol. The van der Waals surface area contributed by atoms with Crippen molar-refractivity contribution in [2.24, 2.45) is 0 Å². The quantitative estimate of drug-likeness (QED) is 0.500. The van der Waals surface area contributed by atoms with Gasteiger partial charge in [0.15, 0.2) is 0 Å². The van der Waals surface area contributed by atoms with Gasteiger partial charge in [-0.05, 0) is 18.9 Å². The van der Waals surface area contributed by atoms with E-state index < -0.39 is 32.5 Å². The maximum Gasteiger partial charge on any atom is 0.349 e. The van der Waals surface area contributed by atoms with Crippen LogP contribution in [0.2, 0.25) is 10.1 Å². The van der Waals surface area contributed by atoms with Crippen LogP contribution in [0.1, 0.15) is 60.5 Å². The fraction of sp³-hybridized carbons (Fsp3) is 0.680. The minimum absolute atomic E-state index is 0.163. The predicted octanol–water partition coefficient (Wildman–Crippen LogP) is 5.12. The molecule has 0 saturated carbocycles. The number of hydrogen-bond donors (Lipinski definition) is 1. The van der Waals surface area contributed by atoms with E-state index in [-0.39, 0.29) is 16.2 Å². The molecule has 0 radical (unpaired) electrons. The first-order chi connectivity index (χ1) is 14.3. The summed E-state index contributed by atoms with van der Waals surface area (Å²) in [6, 6.07) is 10.0. The van der Waals surface area contributed by atoms with Gasteiger partial charge in [-0.1, -0.05) is 78.0 Å². The van der Waals surface area contributed by atoms with Gasteiger partial charge in [0.1, 0.15) is 23.9 Å². The van der Waals surface area contributed by atoms with Crippen LogP contribution >= 0.6 is 0 Å². The monoisotopic (exact) mass is 448 g/mol. The highest BCUT2D eigenvalue weighted by Gasteiger charge is 2.66. The molecule has 5 atom stereocenters. The molecule has 1 aromatic carbocycles. The van der Waals surface area contributed by atoms with Crippen molar-refractivity contribution in [3.8, 4) is 0 Å². The zero-order valence-electron chi connectivity index (χ0n) is 20.2. The van der Waals surface area contributed by atoms with E-state index in [1.165, 1.54) is 0 Å². The third kappa shape index (κ3) is 4.56. The van der Waals surface area contributed by atoms with Crippen LogP contribution in [0.5, 0.6) is 0 Å². The summed E-state index contributed by atoms with van der Waals surface area (Å²) >= 11 is 0. The van der Waals surface area contributed by atoms with Crippen LogP contribution in [0, 0.1) is 0 Å². The Morgan fingerprint density at radius 3 is 2.32 bits per heavy atom. The Balaban J connectivity index is 1.97. The highest BCUT2D eigenvalue weighted by atomic mass is 28.4. The van der Waals surface area contributed by atoms with Crippen LogP contribution < -0.4 is 0 Å². The Hall–Kier alpha value is -1.02. The van der Waals surface area contributed by atoms with Gasteiger partial charge in [0.2, 0.25) is 0 Å². The van der Waals surface area contributed by atoms with Crippen LogP contribution in [0.3, 0.4) is 0 Å². The fourth-order valence-electron chi connectivity index (χ4n) is 5.21. The largest absolute Gasteiger partial charge is 0.391 e. The Labute approximate surface area is 189 Å². The molecule has 1 aromatic rings. The van der Waals surface area contributed by atoms with E-state index in [9.17, 15) is 5.11 Å². The smallest absolute Gasteiger partial charge is 0.349 e. The number of fused-ring (bicyclic) bond motifs is 1. The molecule has 2 heterocycles. The molecule has 0 aliphatic carbocycles. The lowest BCUT2D eigenvalue weighted by Crippen LogP contribution is -2.74. The molecule has 3 rings (SSSR count).